The molecule has 0 aliphatic rings. The van der Waals surface area contributed by atoms with Gasteiger partial charge in [-0.3, -0.25) is 4.57 Å². The van der Waals surface area contributed by atoms with Crippen LogP contribution < -0.4 is 0 Å². The molecule has 0 fully saturated rings. The second-order valence-electron chi connectivity index (χ2n) is 4.23. The molecule has 0 bridgehead atoms. The van der Waals surface area contributed by atoms with Crippen molar-refractivity contribution in [2.24, 2.45) is 0 Å². The molecule has 102 valence electrons. The highest BCUT2D eigenvalue weighted by Gasteiger charge is 2.11. The molecular formula is C15H20N2S2. The number of pyridine rings is 1. The fourth-order valence-corrected chi connectivity index (χ4v) is 3.61. The van der Waals surface area contributed by atoms with Crippen LogP contribution in [-0.2, 0) is 0 Å². The van der Waals surface area contributed by atoms with Gasteiger partial charge in [0, 0.05) is 6.20 Å². The summed E-state index contributed by atoms with van der Waals surface area (Å²) in [6.45, 7) is 4.43. The van der Waals surface area contributed by atoms with Crippen LogP contribution in [-0.4, -0.2) is 21.1 Å². The van der Waals surface area contributed by atoms with Gasteiger partial charge >= 0.3 is 0 Å². The number of aromatic nitrogens is 2. The number of thioether (sulfide) groups is 2. The van der Waals surface area contributed by atoms with E-state index in [2.05, 4.69) is 41.6 Å². The Morgan fingerprint density at radius 1 is 0.947 bits per heavy atom. The van der Waals surface area contributed by atoms with E-state index < -0.39 is 0 Å². The monoisotopic (exact) mass is 292 g/mol. The maximum absolute atomic E-state index is 4.49. The topological polar surface area (TPSA) is 17.8 Å². The molecule has 0 saturated carbocycles. The minimum absolute atomic E-state index is 1.02. The lowest BCUT2D eigenvalue weighted by Gasteiger charge is -2.11. The first-order valence-corrected chi connectivity index (χ1v) is 8.72. The molecule has 0 radical (unpaired) electrons. The molecule has 0 unspecified atom stereocenters. The maximum atomic E-state index is 4.49. The van der Waals surface area contributed by atoms with Crippen LogP contribution in [0.4, 0.5) is 0 Å². The lowest BCUT2D eigenvalue weighted by atomic mass is 10.5. The summed E-state index contributed by atoms with van der Waals surface area (Å²) < 4.78 is 2.28. The van der Waals surface area contributed by atoms with Crippen molar-refractivity contribution in [1.29, 1.82) is 0 Å². The molecule has 0 amide bonds. The fourth-order valence-electron chi connectivity index (χ4n) is 1.75. The smallest absolute Gasteiger partial charge is 0.138 e. The molecule has 2 rings (SSSR count). The van der Waals surface area contributed by atoms with Gasteiger partial charge in [0.05, 0.1) is 10.1 Å². The highest BCUT2D eigenvalue weighted by atomic mass is 32.2. The Morgan fingerprint density at radius 3 is 2.05 bits per heavy atom. The molecule has 0 aliphatic heterocycles. The first-order chi connectivity index (χ1) is 9.36. The maximum Gasteiger partial charge on any atom is 0.138 e. The first-order valence-electron chi connectivity index (χ1n) is 6.75. The zero-order valence-electron chi connectivity index (χ0n) is 11.5. The Morgan fingerprint density at radius 2 is 1.58 bits per heavy atom. The summed E-state index contributed by atoms with van der Waals surface area (Å²) in [4.78, 5) is 4.49. The van der Waals surface area contributed by atoms with Gasteiger partial charge in [-0.1, -0.05) is 19.9 Å². The van der Waals surface area contributed by atoms with E-state index in [1.165, 1.54) is 22.9 Å². The van der Waals surface area contributed by atoms with Gasteiger partial charge < -0.3 is 0 Å². The van der Waals surface area contributed by atoms with E-state index in [1.807, 2.05) is 41.9 Å². The highest BCUT2D eigenvalue weighted by Crippen LogP contribution is 2.31. The minimum Gasteiger partial charge on any atom is -0.283 e. The summed E-state index contributed by atoms with van der Waals surface area (Å²) in [6.07, 6.45) is 4.24. The molecule has 2 heterocycles. The molecule has 0 aromatic carbocycles. The summed E-state index contributed by atoms with van der Waals surface area (Å²) in [5, 5.41) is 2.58. The predicted molar refractivity (Wildman–Crippen MR) is 85.6 cm³/mol. The van der Waals surface area contributed by atoms with Crippen LogP contribution >= 0.6 is 23.5 Å². The van der Waals surface area contributed by atoms with E-state index >= 15 is 0 Å². The third-order valence-electron chi connectivity index (χ3n) is 2.60. The van der Waals surface area contributed by atoms with Crippen molar-refractivity contribution >= 4 is 23.5 Å². The Labute approximate surface area is 124 Å². The van der Waals surface area contributed by atoms with Crippen molar-refractivity contribution in [3.05, 3.63) is 36.5 Å². The molecular weight excluding hydrogens is 272 g/mol. The molecule has 2 aromatic rings. The van der Waals surface area contributed by atoms with Crippen molar-refractivity contribution < 1.29 is 0 Å². The second kappa shape index (κ2) is 7.65. The number of hydrogen-bond donors (Lipinski definition) is 0. The first kappa shape index (κ1) is 14.5. The molecule has 0 saturated heterocycles. The molecule has 0 atom stereocenters. The Hall–Kier alpha value is -0.870. The molecule has 2 aromatic heterocycles. The molecule has 0 spiro atoms. The third-order valence-corrected chi connectivity index (χ3v) is 5.05. The van der Waals surface area contributed by atoms with Crippen molar-refractivity contribution in [2.45, 2.75) is 36.7 Å². The Balaban J connectivity index is 2.32. The average Bonchev–Trinajstić information content (AvgIpc) is 2.86. The molecule has 4 heteroatoms. The summed E-state index contributed by atoms with van der Waals surface area (Å²) >= 11 is 3.81. The van der Waals surface area contributed by atoms with Gasteiger partial charge in [0.1, 0.15) is 5.82 Å². The van der Waals surface area contributed by atoms with Crippen LogP contribution in [0.25, 0.3) is 5.82 Å². The number of hydrogen-bond acceptors (Lipinski definition) is 3. The van der Waals surface area contributed by atoms with E-state index in [-0.39, 0.29) is 0 Å². The molecule has 0 N–H and O–H groups in total. The normalized spacial score (nSPS) is 10.8. The lowest BCUT2D eigenvalue weighted by Crippen LogP contribution is -2.00. The van der Waals surface area contributed by atoms with Gasteiger partial charge in [-0.25, -0.2) is 4.98 Å². The summed E-state index contributed by atoms with van der Waals surface area (Å²) in [5.74, 6) is 3.31. The van der Waals surface area contributed by atoms with Gasteiger partial charge in [0.2, 0.25) is 0 Å². The number of rotatable bonds is 7. The summed E-state index contributed by atoms with van der Waals surface area (Å²) in [5.41, 5.74) is 0. The van der Waals surface area contributed by atoms with E-state index in [4.69, 9.17) is 0 Å². The van der Waals surface area contributed by atoms with Crippen LogP contribution in [0.5, 0.6) is 0 Å². The van der Waals surface area contributed by atoms with Crippen molar-refractivity contribution in [3.8, 4) is 5.82 Å². The van der Waals surface area contributed by atoms with Crippen LogP contribution in [0.2, 0.25) is 0 Å². The molecule has 19 heavy (non-hydrogen) atoms. The molecule has 2 nitrogen and oxygen atoms in total. The van der Waals surface area contributed by atoms with Gasteiger partial charge in [-0.05, 0) is 48.6 Å². The summed E-state index contributed by atoms with van der Waals surface area (Å²) in [6, 6.07) is 10.5. The largest absolute Gasteiger partial charge is 0.283 e. The van der Waals surface area contributed by atoms with Crippen LogP contribution in [0.15, 0.2) is 46.6 Å². The van der Waals surface area contributed by atoms with Crippen LogP contribution in [0.1, 0.15) is 26.7 Å². The van der Waals surface area contributed by atoms with E-state index in [0.29, 0.717) is 0 Å². The molecule has 0 aliphatic carbocycles. The fraction of sp³-hybridized carbons (Fsp3) is 0.400. The second-order valence-corrected chi connectivity index (χ2v) is 6.46. The average molecular weight is 292 g/mol. The zero-order chi connectivity index (χ0) is 13.5. The van der Waals surface area contributed by atoms with Gasteiger partial charge in [0.15, 0.2) is 0 Å². The quantitative estimate of drug-likeness (QED) is 0.678. The third kappa shape index (κ3) is 3.80. The van der Waals surface area contributed by atoms with Crippen LogP contribution in [0.3, 0.4) is 0 Å². The number of nitrogens with zero attached hydrogens (tertiary/aromatic N) is 2. The Kier molecular flexibility index (Phi) is 5.86. The van der Waals surface area contributed by atoms with E-state index in [1.54, 1.807) is 0 Å². The van der Waals surface area contributed by atoms with Gasteiger partial charge in [0.25, 0.3) is 0 Å². The van der Waals surface area contributed by atoms with E-state index in [9.17, 15) is 0 Å². The van der Waals surface area contributed by atoms with Gasteiger partial charge in [-0.15, -0.1) is 23.5 Å². The van der Waals surface area contributed by atoms with Crippen LogP contribution in [0, 0.1) is 0 Å². The van der Waals surface area contributed by atoms with Crippen molar-refractivity contribution in [1.82, 2.24) is 9.55 Å². The highest BCUT2D eigenvalue weighted by molar-refractivity contribution is 8.00. The minimum atomic E-state index is 1.02. The standard InChI is InChI=1S/C15H20N2S2/c1-3-11-18-14-8-9-15(19-12-4-2)17(14)13-7-5-6-10-16-13/h5-10H,3-4,11-12H2,1-2H3. The van der Waals surface area contributed by atoms with Gasteiger partial charge in [-0.2, -0.15) is 0 Å². The van der Waals surface area contributed by atoms with Crippen molar-refractivity contribution in [2.75, 3.05) is 11.5 Å². The van der Waals surface area contributed by atoms with Crippen molar-refractivity contribution in [3.63, 3.8) is 0 Å². The summed E-state index contributed by atoms with van der Waals surface area (Å²) in [7, 11) is 0. The zero-order valence-corrected chi connectivity index (χ0v) is 13.1. The van der Waals surface area contributed by atoms with E-state index in [0.717, 1.165) is 17.3 Å². The lowest BCUT2D eigenvalue weighted by molar-refractivity contribution is 0.829. The predicted octanol–water partition coefficient (Wildman–Crippen LogP) is 4.88. The SMILES string of the molecule is CCCSc1ccc(SCCC)n1-c1ccccn1. The Bertz CT molecular complexity index is 469.